The van der Waals surface area contributed by atoms with E-state index in [0.717, 1.165) is 10.9 Å². The van der Waals surface area contributed by atoms with Gasteiger partial charge < -0.3 is 10.6 Å². The van der Waals surface area contributed by atoms with Gasteiger partial charge in [0.1, 0.15) is 11.4 Å². The number of hydrogen-bond acceptors (Lipinski definition) is 4. The highest BCUT2D eigenvalue weighted by molar-refractivity contribution is 6.07. The fourth-order valence-electron chi connectivity index (χ4n) is 2.95. The number of carbonyl (C=O) groups excluding carboxylic acids is 2. The van der Waals surface area contributed by atoms with Crippen molar-refractivity contribution in [2.45, 2.75) is 6.54 Å². The Hall–Kier alpha value is -4.06. The van der Waals surface area contributed by atoms with E-state index in [-0.39, 0.29) is 17.3 Å². The summed E-state index contributed by atoms with van der Waals surface area (Å²) in [6, 6.07) is 23.7. The second-order valence-electron chi connectivity index (χ2n) is 6.41. The van der Waals surface area contributed by atoms with Crippen molar-refractivity contribution in [3.63, 3.8) is 0 Å². The van der Waals surface area contributed by atoms with E-state index in [2.05, 4.69) is 20.6 Å². The van der Waals surface area contributed by atoms with Crippen molar-refractivity contribution < 1.29 is 9.59 Å². The minimum absolute atomic E-state index is 0.158. The minimum atomic E-state index is -0.402. The zero-order valence-corrected chi connectivity index (χ0v) is 15.5. The summed E-state index contributed by atoms with van der Waals surface area (Å²) in [7, 11) is 0. The monoisotopic (exact) mass is 382 g/mol. The largest absolute Gasteiger partial charge is 0.347 e. The summed E-state index contributed by atoms with van der Waals surface area (Å²) in [6.07, 6.45) is 1.67. The topological polar surface area (TPSA) is 84.0 Å². The first-order valence-electron chi connectivity index (χ1n) is 9.15. The highest BCUT2D eigenvalue weighted by atomic mass is 16.2. The van der Waals surface area contributed by atoms with Gasteiger partial charge in [0.15, 0.2) is 0 Å². The van der Waals surface area contributed by atoms with Crippen molar-refractivity contribution in [1.29, 1.82) is 0 Å². The quantitative estimate of drug-likeness (QED) is 0.550. The molecule has 0 fully saturated rings. The molecule has 4 rings (SSSR count). The molecule has 0 bridgehead atoms. The minimum Gasteiger partial charge on any atom is -0.347 e. The lowest BCUT2D eigenvalue weighted by Gasteiger charge is -2.09. The predicted molar refractivity (Wildman–Crippen MR) is 112 cm³/mol. The van der Waals surface area contributed by atoms with Gasteiger partial charge in [-0.15, -0.1) is 0 Å². The Kier molecular flexibility index (Phi) is 5.25. The van der Waals surface area contributed by atoms with Crippen molar-refractivity contribution >= 4 is 28.4 Å². The molecule has 2 aromatic heterocycles. The zero-order chi connectivity index (χ0) is 20.1. The fourth-order valence-corrected chi connectivity index (χ4v) is 2.95. The first-order chi connectivity index (χ1) is 14.2. The first kappa shape index (κ1) is 18.3. The molecule has 0 unspecified atom stereocenters. The molecule has 0 spiro atoms. The van der Waals surface area contributed by atoms with Gasteiger partial charge in [0.05, 0.1) is 11.2 Å². The number of amides is 2. The summed E-state index contributed by atoms with van der Waals surface area (Å²) in [6.45, 7) is 0.388. The van der Waals surface area contributed by atoms with E-state index in [1.54, 1.807) is 30.5 Å². The zero-order valence-electron chi connectivity index (χ0n) is 15.5. The van der Waals surface area contributed by atoms with Gasteiger partial charge in [-0.3, -0.25) is 14.6 Å². The number of anilines is 1. The van der Waals surface area contributed by atoms with Crippen LogP contribution >= 0.6 is 0 Å². The van der Waals surface area contributed by atoms with Crippen LogP contribution in [0.3, 0.4) is 0 Å². The molecule has 2 N–H and O–H groups in total. The summed E-state index contributed by atoms with van der Waals surface area (Å²) < 4.78 is 0. The van der Waals surface area contributed by atoms with Crippen LogP contribution in [0, 0.1) is 0 Å². The number of fused-ring (bicyclic) bond motifs is 1. The third-order valence-corrected chi connectivity index (χ3v) is 4.39. The standard InChI is InChI=1S/C23H18N4O2/c28-22(25-15-16-7-2-1-3-8-16)19-12-5-13-20(26-19)23(29)27-18-11-4-9-17-10-6-14-24-21(17)18/h1-14H,15H2,(H,25,28)(H,27,29). The van der Waals surface area contributed by atoms with Crippen LogP contribution in [0.25, 0.3) is 10.9 Å². The maximum absolute atomic E-state index is 12.7. The van der Waals surface area contributed by atoms with Crippen molar-refractivity contribution in [2.24, 2.45) is 0 Å². The number of para-hydroxylation sites is 1. The number of carbonyl (C=O) groups is 2. The Bertz CT molecular complexity index is 1170. The van der Waals surface area contributed by atoms with E-state index in [0.29, 0.717) is 17.7 Å². The molecule has 4 aromatic rings. The van der Waals surface area contributed by atoms with Crippen LogP contribution in [0.5, 0.6) is 0 Å². The molecular weight excluding hydrogens is 364 g/mol. The Morgan fingerprint density at radius 2 is 1.48 bits per heavy atom. The van der Waals surface area contributed by atoms with E-state index in [9.17, 15) is 9.59 Å². The molecule has 142 valence electrons. The van der Waals surface area contributed by atoms with Crippen LogP contribution in [0.4, 0.5) is 5.69 Å². The molecule has 6 nitrogen and oxygen atoms in total. The molecular formula is C23H18N4O2. The first-order valence-corrected chi connectivity index (χ1v) is 9.15. The normalized spacial score (nSPS) is 10.5. The molecule has 0 aliphatic carbocycles. The molecule has 0 aliphatic heterocycles. The summed E-state index contributed by atoms with van der Waals surface area (Å²) in [4.78, 5) is 33.6. The summed E-state index contributed by atoms with van der Waals surface area (Å²) in [5.41, 5.74) is 2.61. The van der Waals surface area contributed by atoms with Gasteiger partial charge >= 0.3 is 0 Å². The van der Waals surface area contributed by atoms with E-state index in [1.165, 1.54) is 0 Å². The maximum Gasteiger partial charge on any atom is 0.274 e. The lowest BCUT2D eigenvalue weighted by atomic mass is 10.2. The lowest BCUT2D eigenvalue weighted by molar-refractivity contribution is 0.0945. The number of nitrogens with one attached hydrogen (secondary N) is 2. The summed E-state index contributed by atoms with van der Waals surface area (Å²) in [5.74, 6) is -0.740. The van der Waals surface area contributed by atoms with Crippen molar-refractivity contribution in [1.82, 2.24) is 15.3 Å². The van der Waals surface area contributed by atoms with Gasteiger partial charge in [-0.1, -0.05) is 54.6 Å². The van der Waals surface area contributed by atoms with Crippen molar-refractivity contribution in [3.8, 4) is 0 Å². The highest BCUT2D eigenvalue weighted by Gasteiger charge is 2.14. The third-order valence-electron chi connectivity index (χ3n) is 4.39. The van der Waals surface area contributed by atoms with Crippen LogP contribution in [0.15, 0.2) is 85.1 Å². The van der Waals surface area contributed by atoms with Crippen molar-refractivity contribution in [3.05, 3.63) is 102 Å². The Morgan fingerprint density at radius 3 is 2.31 bits per heavy atom. The molecule has 2 aromatic carbocycles. The molecule has 0 saturated heterocycles. The molecule has 0 radical (unpaired) electrons. The Morgan fingerprint density at radius 1 is 0.759 bits per heavy atom. The predicted octanol–water partition coefficient (Wildman–Crippen LogP) is 3.81. The van der Waals surface area contributed by atoms with E-state index in [1.807, 2.05) is 54.6 Å². The smallest absolute Gasteiger partial charge is 0.274 e. The summed E-state index contributed by atoms with van der Waals surface area (Å²) in [5, 5.41) is 6.57. The highest BCUT2D eigenvalue weighted by Crippen LogP contribution is 2.21. The summed E-state index contributed by atoms with van der Waals surface area (Å²) >= 11 is 0. The van der Waals surface area contributed by atoms with Gasteiger partial charge in [0.2, 0.25) is 0 Å². The number of rotatable bonds is 5. The molecule has 6 heteroatoms. The number of pyridine rings is 2. The van der Waals surface area contributed by atoms with Crippen LogP contribution in [-0.4, -0.2) is 21.8 Å². The van der Waals surface area contributed by atoms with Gasteiger partial charge in [-0.2, -0.15) is 0 Å². The second kappa shape index (κ2) is 8.31. The number of hydrogen-bond donors (Lipinski definition) is 2. The Labute approximate surface area is 167 Å². The molecule has 0 aliphatic rings. The molecule has 0 atom stereocenters. The number of benzene rings is 2. The Balaban J connectivity index is 1.49. The maximum atomic E-state index is 12.7. The van der Waals surface area contributed by atoms with Gasteiger partial charge in [-0.25, -0.2) is 4.98 Å². The molecule has 2 amide bonds. The number of aromatic nitrogens is 2. The van der Waals surface area contributed by atoms with Gasteiger partial charge in [-0.05, 0) is 29.8 Å². The fraction of sp³-hybridized carbons (Fsp3) is 0.0435. The molecule has 0 saturated carbocycles. The van der Waals surface area contributed by atoms with Crippen LogP contribution in [0.2, 0.25) is 0 Å². The average Bonchev–Trinajstić information content (AvgIpc) is 2.78. The van der Waals surface area contributed by atoms with E-state index >= 15 is 0 Å². The van der Waals surface area contributed by atoms with E-state index < -0.39 is 5.91 Å². The molecule has 29 heavy (non-hydrogen) atoms. The number of nitrogens with zero attached hydrogens (tertiary/aromatic N) is 2. The SMILES string of the molecule is O=C(NCc1ccccc1)c1cccc(C(=O)Nc2cccc3cccnc23)n1. The lowest BCUT2D eigenvalue weighted by Crippen LogP contribution is -2.25. The molecule has 2 heterocycles. The van der Waals surface area contributed by atoms with E-state index in [4.69, 9.17) is 0 Å². The third kappa shape index (κ3) is 4.27. The van der Waals surface area contributed by atoms with Crippen LogP contribution in [-0.2, 0) is 6.54 Å². The van der Waals surface area contributed by atoms with Gasteiger partial charge in [0, 0.05) is 18.1 Å². The average molecular weight is 382 g/mol. The van der Waals surface area contributed by atoms with Gasteiger partial charge in [0.25, 0.3) is 11.8 Å². The van der Waals surface area contributed by atoms with Crippen LogP contribution < -0.4 is 10.6 Å². The van der Waals surface area contributed by atoms with Crippen LogP contribution in [0.1, 0.15) is 26.5 Å². The van der Waals surface area contributed by atoms with Crippen molar-refractivity contribution in [2.75, 3.05) is 5.32 Å². The second-order valence-corrected chi connectivity index (χ2v) is 6.41.